The van der Waals surface area contributed by atoms with Gasteiger partial charge in [-0.3, -0.25) is 0 Å². The maximum Gasteiger partial charge on any atom is 0.425 e. The highest BCUT2D eigenvalue weighted by atomic mass is 32.1. The van der Waals surface area contributed by atoms with Crippen LogP contribution in [0.25, 0.3) is 90.8 Å². The minimum Gasteiger partial charge on any atom is -0.165 e. The number of thiophene rings is 6. The standard InChI is InChI=1S/C36H14F6S6/c37-35(38,39)31-13-21-19-11-27(43-23(19)5-7-25(21)45-31)15-1-3-17-29(9-15)47-34-18-4-2-16(10-30(18)48-33(17)34)28-12-20-22-14-32(36(40,41)42)46-26(22)8-6-24(20)44-28/h1-14H. The summed E-state index contributed by atoms with van der Waals surface area (Å²) in [6, 6.07) is 26.7. The maximum absolute atomic E-state index is 13.4. The highest BCUT2D eigenvalue weighted by molar-refractivity contribution is 7.36. The average Bonchev–Trinajstić information content (AvgIpc) is 3.87. The van der Waals surface area contributed by atoms with Gasteiger partial charge >= 0.3 is 12.4 Å². The number of halogens is 6. The molecule has 0 fully saturated rings. The summed E-state index contributed by atoms with van der Waals surface area (Å²) in [5.74, 6) is 0. The van der Waals surface area contributed by atoms with E-state index in [2.05, 4.69) is 36.4 Å². The normalized spacial score (nSPS) is 13.2. The first kappa shape index (κ1) is 29.4. The molecule has 0 aliphatic carbocycles. The molecular formula is C36H14F6S6. The predicted octanol–water partition coefficient (Wildman–Crippen LogP) is 15.5. The monoisotopic (exact) mass is 752 g/mol. The van der Waals surface area contributed by atoms with Crippen molar-refractivity contribution in [1.82, 2.24) is 0 Å². The molecule has 0 saturated carbocycles. The van der Waals surface area contributed by atoms with Crippen LogP contribution < -0.4 is 0 Å². The minimum absolute atomic E-state index is 0.580. The van der Waals surface area contributed by atoms with Crippen LogP contribution in [0, 0.1) is 0 Å². The first-order valence-corrected chi connectivity index (χ1v) is 19.3. The third-order valence-corrected chi connectivity index (χ3v) is 15.7. The Balaban J connectivity index is 1.03. The number of hydrogen-bond donors (Lipinski definition) is 0. The summed E-state index contributed by atoms with van der Waals surface area (Å²) in [5.41, 5.74) is 2.07. The molecule has 0 unspecified atom stereocenters. The zero-order chi connectivity index (χ0) is 32.7. The van der Waals surface area contributed by atoms with Crippen LogP contribution in [-0.4, -0.2) is 0 Å². The number of fused-ring (bicyclic) bond motifs is 11. The lowest BCUT2D eigenvalue weighted by Gasteiger charge is -1.99. The van der Waals surface area contributed by atoms with Gasteiger partial charge in [-0.25, -0.2) is 0 Å². The zero-order valence-corrected chi connectivity index (χ0v) is 28.7. The average molecular weight is 753 g/mol. The van der Waals surface area contributed by atoms with Gasteiger partial charge in [0.15, 0.2) is 0 Å². The molecule has 6 aromatic heterocycles. The third-order valence-electron chi connectivity index (χ3n) is 8.61. The van der Waals surface area contributed by atoms with E-state index in [1.54, 1.807) is 57.5 Å². The van der Waals surface area contributed by atoms with Crippen molar-refractivity contribution in [2.24, 2.45) is 0 Å². The lowest BCUT2D eigenvalue weighted by atomic mass is 10.1. The van der Waals surface area contributed by atoms with Gasteiger partial charge in [0.05, 0.1) is 9.40 Å². The van der Waals surface area contributed by atoms with Gasteiger partial charge in [-0.15, -0.1) is 68.0 Å². The minimum atomic E-state index is -4.36. The van der Waals surface area contributed by atoms with Crippen molar-refractivity contribution in [3.8, 4) is 20.9 Å². The fourth-order valence-electron chi connectivity index (χ4n) is 6.39. The van der Waals surface area contributed by atoms with E-state index in [4.69, 9.17) is 0 Å². The fraction of sp³-hybridized carbons (Fsp3) is 0.0556. The maximum atomic E-state index is 13.4. The smallest absolute Gasteiger partial charge is 0.165 e. The second kappa shape index (κ2) is 10.0. The Morgan fingerprint density at radius 3 is 1.10 bits per heavy atom. The Morgan fingerprint density at radius 1 is 0.333 bits per heavy atom. The fourth-order valence-corrected chi connectivity index (χ4v) is 13.2. The second-order valence-corrected chi connectivity index (χ2v) is 17.9. The first-order chi connectivity index (χ1) is 23.0. The van der Waals surface area contributed by atoms with Crippen molar-refractivity contribution in [1.29, 1.82) is 0 Å². The van der Waals surface area contributed by atoms with Crippen molar-refractivity contribution in [2.45, 2.75) is 12.4 Å². The quantitative estimate of drug-likeness (QED) is 0.154. The molecule has 12 heteroatoms. The van der Waals surface area contributed by atoms with Gasteiger partial charge in [0.2, 0.25) is 0 Å². The summed E-state index contributed by atoms with van der Waals surface area (Å²) in [5, 5.41) is 5.30. The largest absolute Gasteiger partial charge is 0.425 e. The molecule has 236 valence electrons. The Labute approximate surface area is 290 Å². The van der Waals surface area contributed by atoms with Gasteiger partial charge in [0.1, 0.15) is 9.75 Å². The second-order valence-electron chi connectivity index (χ2n) is 11.5. The summed E-state index contributed by atoms with van der Waals surface area (Å²) >= 11 is 8.21. The Morgan fingerprint density at radius 2 is 0.708 bits per heavy atom. The van der Waals surface area contributed by atoms with Crippen LogP contribution in [0.15, 0.2) is 84.9 Å². The molecule has 0 bridgehead atoms. The van der Waals surface area contributed by atoms with Crippen LogP contribution in [0.2, 0.25) is 0 Å². The van der Waals surface area contributed by atoms with Gasteiger partial charge in [-0.2, -0.15) is 26.3 Å². The lowest BCUT2D eigenvalue weighted by Crippen LogP contribution is -2.00. The molecule has 0 radical (unpaired) electrons. The molecule has 4 aromatic carbocycles. The molecular weight excluding hydrogens is 739 g/mol. The number of rotatable bonds is 2. The summed E-state index contributed by atoms with van der Waals surface area (Å²) < 4.78 is 88.3. The van der Waals surface area contributed by atoms with Crippen molar-refractivity contribution >= 4 is 138 Å². The van der Waals surface area contributed by atoms with Crippen molar-refractivity contribution in [3.05, 3.63) is 94.7 Å². The molecule has 0 spiro atoms. The van der Waals surface area contributed by atoms with E-state index in [0.717, 1.165) is 73.1 Å². The molecule has 0 nitrogen and oxygen atoms in total. The highest BCUT2D eigenvalue weighted by Crippen LogP contribution is 2.49. The number of benzene rings is 4. The van der Waals surface area contributed by atoms with E-state index in [1.165, 1.54) is 32.3 Å². The summed E-state index contributed by atoms with van der Waals surface area (Å²) in [4.78, 5) is 0.874. The molecule has 0 atom stereocenters. The van der Waals surface area contributed by atoms with Gasteiger partial charge in [0, 0.05) is 70.3 Å². The SMILES string of the molecule is FC(F)(F)c1cc2c(ccc3sc(-c4ccc5c(c4)sc4c6ccc(-c7cc8c(ccc9sc(C(F)(F)F)cc98)s7)cc6sc54)cc32)s1. The van der Waals surface area contributed by atoms with Crippen molar-refractivity contribution in [2.75, 3.05) is 0 Å². The van der Waals surface area contributed by atoms with Crippen LogP contribution in [0.1, 0.15) is 9.75 Å². The van der Waals surface area contributed by atoms with E-state index in [-0.39, 0.29) is 0 Å². The number of alkyl halides is 6. The summed E-state index contributed by atoms with van der Waals surface area (Å²) in [6.45, 7) is 0. The van der Waals surface area contributed by atoms with E-state index in [1.807, 2.05) is 24.3 Å². The van der Waals surface area contributed by atoms with E-state index < -0.39 is 22.1 Å². The molecule has 10 rings (SSSR count). The van der Waals surface area contributed by atoms with Crippen LogP contribution in [0.5, 0.6) is 0 Å². The van der Waals surface area contributed by atoms with Crippen molar-refractivity contribution in [3.63, 3.8) is 0 Å². The molecule has 0 aliphatic heterocycles. The molecule has 0 saturated heterocycles. The van der Waals surface area contributed by atoms with Gasteiger partial charge < -0.3 is 0 Å². The van der Waals surface area contributed by atoms with Crippen LogP contribution in [0.3, 0.4) is 0 Å². The zero-order valence-electron chi connectivity index (χ0n) is 23.8. The Hall–Kier alpha value is -3.52. The van der Waals surface area contributed by atoms with E-state index in [0.29, 0.717) is 20.2 Å². The van der Waals surface area contributed by atoms with Crippen LogP contribution in [0.4, 0.5) is 26.3 Å². The molecule has 0 amide bonds. The molecule has 6 heterocycles. The van der Waals surface area contributed by atoms with E-state index >= 15 is 0 Å². The lowest BCUT2D eigenvalue weighted by molar-refractivity contribution is -0.135. The van der Waals surface area contributed by atoms with Crippen molar-refractivity contribution < 1.29 is 26.3 Å². The third kappa shape index (κ3) is 4.43. The molecule has 0 aliphatic rings. The summed E-state index contributed by atoms with van der Waals surface area (Å²) in [6.07, 6.45) is -8.72. The van der Waals surface area contributed by atoms with Gasteiger partial charge in [-0.1, -0.05) is 24.3 Å². The molecule has 10 aromatic rings. The van der Waals surface area contributed by atoms with Crippen LogP contribution in [-0.2, 0) is 12.4 Å². The predicted molar refractivity (Wildman–Crippen MR) is 197 cm³/mol. The molecule has 0 N–H and O–H groups in total. The Kier molecular flexibility index (Phi) is 6.14. The first-order valence-electron chi connectivity index (χ1n) is 14.4. The summed E-state index contributed by atoms with van der Waals surface area (Å²) in [7, 11) is 0. The topological polar surface area (TPSA) is 0 Å². The van der Waals surface area contributed by atoms with Gasteiger partial charge in [0.25, 0.3) is 0 Å². The highest BCUT2D eigenvalue weighted by Gasteiger charge is 2.34. The molecule has 48 heavy (non-hydrogen) atoms. The van der Waals surface area contributed by atoms with Crippen LogP contribution >= 0.6 is 68.0 Å². The van der Waals surface area contributed by atoms with E-state index in [9.17, 15) is 26.3 Å². The van der Waals surface area contributed by atoms with Gasteiger partial charge in [-0.05, 0) is 71.8 Å². The Bertz CT molecular complexity index is 2740. The number of hydrogen-bond acceptors (Lipinski definition) is 6.